The summed E-state index contributed by atoms with van der Waals surface area (Å²) in [6.45, 7) is 12.7. The molecule has 2 atom stereocenters. The van der Waals surface area contributed by atoms with E-state index in [4.69, 9.17) is 9.47 Å². The molecule has 4 nitrogen and oxygen atoms in total. The normalized spacial score (nSPS) is 20.5. The van der Waals surface area contributed by atoms with E-state index in [9.17, 15) is 4.79 Å². The molecule has 0 radical (unpaired) electrons. The Kier molecular flexibility index (Phi) is 7.04. The fraction of sp³-hybridized carbons (Fsp3) is 0.516. The van der Waals surface area contributed by atoms with Gasteiger partial charge in [0.2, 0.25) is 0 Å². The molecule has 0 aliphatic heterocycles. The average Bonchev–Trinajstić information content (AvgIpc) is 2.85. The van der Waals surface area contributed by atoms with E-state index in [0.29, 0.717) is 24.4 Å². The molecule has 35 heavy (non-hydrogen) atoms. The van der Waals surface area contributed by atoms with Gasteiger partial charge in [0.25, 0.3) is 5.91 Å². The van der Waals surface area contributed by atoms with Crippen LogP contribution >= 0.6 is 0 Å². The maximum Gasteiger partial charge on any atom is 0.254 e. The van der Waals surface area contributed by atoms with Crippen LogP contribution in [0.4, 0.5) is 0 Å². The lowest BCUT2D eigenvalue weighted by Crippen LogP contribution is -2.50. The topological polar surface area (TPSA) is 38.8 Å². The summed E-state index contributed by atoms with van der Waals surface area (Å²) in [6, 6.07) is 14.2. The van der Waals surface area contributed by atoms with Gasteiger partial charge in [-0.05, 0) is 77.3 Å². The van der Waals surface area contributed by atoms with Crippen LogP contribution in [0.1, 0.15) is 68.9 Å². The largest absolute Gasteiger partial charge is 0.493 e. The molecule has 4 heteroatoms. The first-order valence-corrected chi connectivity index (χ1v) is 12.8. The summed E-state index contributed by atoms with van der Waals surface area (Å²) in [6.07, 6.45) is 5.56. The first kappa shape index (κ1) is 25.3. The van der Waals surface area contributed by atoms with Gasteiger partial charge in [-0.1, -0.05) is 64.5 Å². The molecule has 2 aromatic carbocycles. The van der Waals surface area contributed by atoms with E-state index in [1.807, 2.05) is 29.2 Å². The maximum absolute atomic E-state index is 13.8. The smallest absolute Gasteiger partial charge is 0.254 e. The zero-order valence-electron chi connectivity index (χ0n) is 22.5. The number of fused-ring (bicyclic) bond motifs is 1. The molecule has 5 rings (SSSR count). The summed E-state index contributed by atoms with van der Waals surface area (Å²) in [5.41, 5.74) is 4.97. The van der Waals surface area contributed by atoms with E-state index < -0.39 is 0 Å². The number of hydrogen-bond donors (Lipinski definition) is 0. The summed E-state index contributed by atoms with van der Waals surface area (Å²) < 4.78 is 10.9. The Balaban J connectivity index is 1.56. The third kappa shape index (κ3) is 5.12. The highest BCUT2D eigenvalue weighted by Crippen LogP contribution is 2.59. The number of allylic oxidation sites excluding steroid dienone is 1. The van der Waals surface area contributed by atoms with Crippen molar-refractivity contribution in [2.75, 3.05) is 27.3 Å². The molecule has 3 aliphatic rings. The van der Waals surface area contributed by atoms with Crippen molar-refractivity contribution in [1.29, 1.82) is 0 Å². The maximum atomic E-state index is 13.8. The van der Waals surface area contributed by atoms with Gasteiger partial charge in [-0.2, -0.15) is 0 Å². The molecule has 2 aromatic rings. The highest BCUT2D eigenvalue weighted by Gasteiger charge is 2.51. The van der Waals surface area contributed by atoms with Crippen molar-refractivity contribution in [3.8, 4) is 11.5 Å². The van der Waals surface area contributed by atoms with Crippen molar-refractivity contribution in [1.82, 2.24) is 4.90 Å². The number of carbonyl (C=O) groups excluding carboxylic acids is 1. The van der Waals surface area contributed by atoms with Crippen LogP contribution in [0.25, 0.3) is 0 Å². The molecule has 2 unspecified atom stereocenters. The number of methoxy groups -OCH3 is 2. The minimum absolute atomic E-state index is 0.0634. The predicted molar refractivity (Wildman–Crippen MR) is 142 cm³/mol. The highest BCUT2D eigenvalue weighted by molar-refractivity contribution is 5.94. The SMILES string of the molecule is COc1ccc(CCN(CC2=CCC3CC2C3(C)C)C(=O)c2ccc(C(C)(C)C)cc2)cc1OC. The summed E-state index contributed by atoms with van der Waals surface area (Å²) in [7, 11) is 3.30. The zero-order valence-corrected chi connectivity index (χ0v) is 22.5. The fourth-order valence-electron chi connectivity index (χ4n) is 5.72. The summed E-state index contributed by atoms with van der Waals surface area (Å²) in [4.78, 5) is 15.8. The van der Waals surface area contributed by atoms with Crippen molar-refractivity contribution in [2.24, 2.45) is 17.3 Å². The fourth-order valence-corrected chi connectivity index (χ4v) is 5.72. The highest BCUT2D eigenvalue weighted by atomic mass is 16.5. The minimum Gasteiger partial charge on any atom is -0.493 e. The number of amides is 1. The predicted octanol–water partition coefficient (Wildman–Crippen LogP) is 6.68. The molecule has 1 saturated carbocycles. The van der Waals surface area contributed by atoms with Gasteiger partial charge in [0.05, 0.1) is 14.2 Å². The van der Waals surface area contributed by atoms with Crippen molar-refractivity contribution < 1.29 is 14.3 Å². The van der Waals surface area contributed by atoms with Gasteiger partial charge in [0.1, 0.15) is 0 Å². The Hall–Kier alpha value is -2.75. The summed E-state index contributed by atoms with van der Waals surface area (Å²) in [5.74, 6) is 2.92. The number of ether oxygens (including phenoxy) is 2. The monoisotopic (exact) mass is 475 g/mol. The van der Waals surface area contributed by atoms with Crippen molar-refractivity contribution >= 4 is 5.91 Å². The molecule has 0 N–H and O–H groups in total. The van der Waals surface area contributed by atoms with Crippen LogP contribution in [0, 0.1) is 17.3 Å². The van der Waals surface area contributed by atoms with Gasteiger partial charge in [-0.15, -0.1) is 0 Å². The van der Waals surface area contributed by atoms with Gasteiger partial charge >= 0.3 is 0 Å². The lowest BCUT2D eigenvalue weighted by Gasteiger charge is -2.57. The van der Waals surface area contributed by atoms with Gasteiger partial charge in [0, 0.05) is 18.7 Å². The van der Waals surface area contributed by atoms with E-state index in [2.05, 4.69) is 58.9 Å². The lowest BCUT2D eigenvalue weighted by atomic mass is 9.49. The molecule has 188 valence electrons. The van der Waals surface area contributed by atoms with Crippen LogP contribution in [-0.2, 0) is 11.8 Å². The van der Waals surface area contributed by atoms with Crippen molar-refractivity contribution in [2.45, 2.75) is 59.3 Å². The standard InChI is InChI=1S/C31H41NO3/c1-30(2,3)24-12-9-22(10-13-24)29(33)32(20-23-11-14-25-19-26(23)31(25,4)5)17-16-21-8-15-27(34-6)28(18-21)35-7/h8-13,15,18,25-26H,14,16-17,19-20H2,1-7H3. The van der Waals surface area contributed by atoms with Gasteiger partial charge < -0.3 is 14.4 Å². The van der Waals surface area contributed by atoms with E-state index in [1.165, 1.54) is 17.6 Å². The number of rotatable bonds is 8. The molecule has 2 bridgehead atoms. The van der Waals surface area contributed by atoms with Crippen LogP contribution in [-0.4, -0.2) is 38.1 Å². The Morgan fingerprint density at radius 2 is 1.71 bits per heavy atom. The quantitative estimate of drug-likeness (QED) is 0.400. The Labute approximate surface area is 211 Å². The second-order valence-electron chi connectivity index (χ2n) is 11.8. The summed E-state index contributed by atoms with van der Waals surface area (Å²) in [5, 5.41) is 0. The molecule has 0 aromatic heterocycles. The molecular weight excluding hydrogens is 434 g/mol. The van der Waals surface area contributed by atoms with Crippen LogP contribution < -0.4 is 9.47 Å². The Morgan fingerprint density at radius 1 is 1.03 bits per heavy atom. The van der Waals surface area contributed by atoms with Crippen LogP contribution in [0.2, 0.25) is 0 Å². The molecule has 1 fully saturated rings. The lowest BCUT2D eigenvalue weighted by molar-refractivity contribution is -0.0102. The number of hydrogen-bond acceptors (Lipinski definition) is 3. The van der Waals surface area contributed by atoms with Gasteiger partial charge in [-0.25, -0.2) is 0 Å². The van der Waals surface area contributed by atoms with Crippen LogP contribution in [0.3, 0.4) is 0 Å². The third-order valence-corrected chi connectivity index (χ3v) is 8.36. The van der Waals surface area contributed by atoms with E-state index in [0.717, 1.165) is 41.4 Å². The zero-order chi connectivity index (χ0) is 25.4. The Morgan fingerprint density at radius 3 is 2.29 bits per heavy atom. The van der Waals surface area contributed by atoms with Gasteiger partial charge in [-0.3, -0.25) is 4.79 Å². The molecule has 0 heterocycles. The average molecular weight is 476 g/mol. The third-order valence-electron chi connectivity index (χ3n) is 8.36. The van der Waals surface area contributed by atoms with Crippen molar-refractivity contribution in [3.05, 3.63) is 70.8 Å². The second-order valence-corrected chi connectivity index (χ2v) is 11.8. The number of nitrogens with zero attached hydrogens (tertiary/aromatic N) is 1. The van der Waals surface area contributed by atoms with Crippen LogP contribution in [0.15, 0.2) is 54.1 Å². The number of carbonyl (C=O) groups is 1. The molecular formula is C31H41NO3. The first-order valence-electron chi connectivity index (χ1n) is 12.8. The Bertz CT molecular complexity index is 1090. The van der Waals surface area contributed by atoms with Crippen LogP contribution in [0.5, 0.6) is 11.5 Å². The van der Waals surface area contributed by atoms with Crippen molar-refractivity contribution in [3.63, 3.8) is 0 Å². The van der Waals surface area contributed by atoms with E-state index in [-0.39, 0.29) is 11.3 Å². The summed E-state index contributed by atoms with van der Waals surface area (Å²) >= 11 is 0. The molecule has 3 aliphatic carbocycles. The van der Waals surface area contributed by atoms with E-state index >= 15 is 0 Å². The second kappa shape index (κ2) is 9.72. The molecule has 0 saturated heterocycles. The first-order chi connectivity index (χ1) is 16.5. The minimum atomic E-state index is 0.0634. The molecule has 1 amide bonds. The van der Waals surface area contributed by atoms with Gasteiger partial charge in [0.15, 0.2) is 11.5 Å². The number of benzene rings is 2. The van der Waals surface area contributed by atoms with E-state index in [1.54, 1.807) is 14.2 Å². The molecule has 0 spiro atoms.